The Balaban J connectivity index is 2.78. The van der Waals surface area contributed by atoms with E-state index in [1.54, 1.807) is 14.2 Å². The maximum absolute atomic E-state index is 5.75. The molecule has 1 heterocycles. The molecule has 0 saturated carbocycles. The molecule has 0 saturated heterocycles. The summed E-state index contributed by atoms with van der Waals surface area (Å²) in [6.07, 6.45) is 0. The van der Waals surface area contributed by atoms with Gasteiger partial charge in [0.25, 0.3) is 0 Å². The molecular weight excluding hydrogens is 218 g/mol. The largest absolute Gasteiger partial charge is 0.383 e. The highest BCUT2D eigenvalue weighted by Gasteiger charge is 2.07. The van der Waals surface area contributed by atoms with E-state index in [2.05, 4.69) is 20.3 Å². The minimum Gasteiger partial charge on any atom is -0.383 e. The summed E-state index contributed by atoms with van der Waals surface area (Å²) in [5, 5.41) is 2.99. The van der Waals surface area contributed by atoms with Crippen LogP contribution in [0.2, 0.25) is 5.28 Å². The fourth-order valence-electron chi connectivity index (χ4n) is 0.950. The highest BCUT2D eigenvalue weighted by atomic mass is 35.5. The summed E-state index contributed by atoms with van der Waals surface area (Å²) in [7, 11) is 5.24. The van der Waals surface area contributed by atoms with Gasteiger partial charge in [0.1, 0.15) is 0 Å². The zero-order chi connectivity index (χ0) is 11.3. The molecule has 84 valence electrons. The number of likely N-dealkylation sites (N-methyl/N-ethyl adjacent to an activating group) is 1. The van der Waals surface area contributed by atoms with Gasteiger partial charge in [0, 0.05) is 27.7 Å². The zero-order valence-electron chi connectivity index (χ0n) is 8.99. The Morgan fingerprint density at radius 3 is 2.73 bits per heavy atom. The fraction of sp³-hybridized carbons (Fsp3) is 0.625. The van der Waals surface area contributed by atoms with Crippen LogP contribution in [0.15, 0.2) is 0 Å². The van der Waals surface area contributed by atoms with E-state index in [0.717, 1.165) is 0 Å². The number of methoxy groups -OCH3 is 1. The quantitative estimate of drug-likeness (QED) is 0.803. The number of ether oxygens (including phenoxy) is 1. The lowest BCUT2D eigenvalue weighted by atomic mass is 10.6. The normalized spacial score (nSPS) is 10.1. The van der Waals surface area contributed by atoms with Gasteiger partial charge in [-0.15, -0.1) is 0 Å². The van der Waals surface area contributed by atoms with Crippen molar-refractivity contribution in [2.45, 2.75) is 0 Å². The maximum atomic E-state index is 5.75. The molecule has 1 rings (SSSR count). The van der Waals surface area contributed by atoms with E-state index in [9.17, 15) is 0 Å². The van der Waals surface area contributed by atoms with Crippen LogP contribution in [-0.4, -0.2) is 49.3 Å². The van der Waals surface area contributed by atoms with Gasteiger partial charge in [0.15, 0.2) is 0 Å². The van der Waals surface area contributed by atoms with Crippen molar-refractivity contribution in [2.75, 3.05) is 44.6 Å². The molecule has 0 aliphatic rings. The Bertz CT molecular complexity index is 322. The summed E-state index contributed by atoms with van der Waals surface area (Å²) in [6.45, 7) is 1.30. The molecule has 0 unspecified atom stereocenters. The van der Waals surface area contributed by atoms with E-state index < -0.39 is 0 Å². The number of halogens is 1. The summed E-state index contributed by atoms with van der Waals surface area (Å²) in [5.74, 6) is 0.977. The first-order valence-electron chi connectivity index (χ1n) is 4.46. The number of hydrogen-bond acceptors (Lipinski definition) is 6. The van der Waals surface area contributed by atoms with Crippen LogP contribution in [0.4, 0.5) is 11.9 Å². The minimum atomic E-state index is 0.175. The molecule has 0 aliphatic carbocycles. The van der Waals surface area contributed by atoms with Crippen molar-refractivity contribution in [3.05, 3.63) is 5.28 Å². The Labute approximate surface area is 93.6 Å². The summed E-state index contributed by atoms with van der Waals surface area (Å²) < 4.78 is 4.96. The number of aromatic nitrogens is 3. The Kier molecular flexibility index (Phi) is 4.51. The number of rotatable bonds is 5. The Morgan fingerprint density at radius 1 is 1.40 bits per heavy atom. The number of hydrogen-bond donors (Lipinski definition) is 1. The van der Waals surface area contributed by atoms with Crippen LogP contribution in [-0.2, 0) is 4.74 Å². The molecular formula is C8H14ClN5O. The average molecular weight is 232 g/mol. The van der Waals surface area contributed by atoms with Gasteiger partial charge < -0.3 is 15.0 Å². The maximum Gasteiger partial charge on any atom is 0.231 e. The number of nitrogens with one attached hydrogen (secondary N) is 1. The Morgan fingerprint density at radius 2 is 2.13 bits per heavy atom. The lowest BCUT2D eigenvalue weighted by molar-refractivity contribution is 0.206. The van der Waals surface area contributed by atoms with Gasteiger partial charge >= 0.3 is 0 Å². The second kappa shape index (κ2) is 5.67. The smallest absolute Gasteiger partial charge is 0.231 e. The van der Waals surface area contributed by atoms with Crippen molar-refractivity contribution in [3.8, 4) is 0 Å². The predicted octanol–water partition coefficient (Wildman–Crippen LogP) is 0.649. The molecule has 7 heteroatoms. The third kappa shape index (κ3) is 3.49. The Hall–Kier alpha value is -1.14. The number of nitrogens with zero attached hydrogens (tertiary/aromatic N) is 4. The highest BCUT2D eigenvalue weighted by molar-refractivity contribution is 6.28. The minimum absolute atomic E-state index is 0.175. The van der Waals surface area contributed by atoms with Gasteiger partial charge in [-0.2, -0.15) is 15.0 Å². The van der Waals surface area contributed by atoms with Gasteiger partial charge in [-0.05, 0) is 11.6 Å². The molecule has 1 aromatic rings. The van der Waals surface area contributed by atoms with Crippen molar-refractivity contribution >= 4 is 23.5 Å². The van der Waals surface area contributed by atoms with Gasteiger partial charge in [-0.1, -0.05) is 0 Å². The van der Waals surface area contributed by atoms with Crippen LogP contribution in [0.3, 0.4) is 0 Å². The SMILES string of the molecule is CNc1nc(Cl)nc(N(C)CCOC)n1. The summed E-state index contributed by atoms with van der Waals surface area (Å²) in [5.41, 5.74) is 0. The van der Waals surface area contributed by atoms with Gasteiger partial charge in [-0.25, -0.2) is 0 Å². The molecule has 0 radical (unpaired) electrons. The van der Waals surface area contributed by atoms with E-state index in [0.29, 0.717) is 25.0 Å². The fourth-order valence-corrected chi connectivity index (χ4v) is 1.11. The second-order valence-electron chi connectivity index (χ2n) is 2.89. The second-order valence-corrected chi connectivity index (χ2v) is 3.23. The van der Waals surface area contributed by atoms with Crippen LogP contribution >= 0.6 is 11.6 Å². The molecule has 0 aliphatic heterocycles. The van der Waals surface area contributed by atoms with E-state index in [1.165, 1.54) is 0 Å². The van der Waals surface area contributed by atoms with Crippen LogP contribution in [0.5, 0.6) is 0 Å². The monoisotopic (exact) mass is 231 g/mol. The standard InChI is InChI=1S/C8H14ClN5O/c1-10-7-11-6(9)12-8(13-7)14(2)4-5-15-3/h4-5H2,1-3H3,(H,10,11,12,13). The molecule has 15 heavy (non-hydrogen) atoms. The summed E-state index contributed by atoms with van der Waals surface area (Å²) >= 11 is 5.75. The van der Waals surface area contributed by atoms with Crippen molar-refractivity contribution in [3.63, 3.8) is 0 Å². The van der Waals surface area contributed by atoms with Crippen LogP contribution in [0.25, 0.3) is 0 Å². The van der Waals surface area contributed by atoms with E-state index in [1.807, 2.05) is 11.9 Å². The molecule has 0 spiro atoms. The van der Waals surface area contributed by atoms with Crippen molar-refractivity contribution < 1.29 is 4.74 Å². The first-order valence-corrected chi connectivity index (χ1v) is 4.84. The third-order valence-electron chi connectivity index (χ3n) is 1.79. The zero-order valence-corrected chi connectivity index (χ0v) is 9.75. The van der Waals surface area contributed by atoms with Crippen molar-refractivity contribution in [1.29, 1.82) is 0 Å². The van der Waals surface area contributed by atoms with Gasteiger partial charge in [0.05, 0.1) is 6.61 Å². The molecule has 0 atom stereocenters. The molecule has 0 bridgehead atoms. The van der Waals surface area contributed by atoms with E-state index in [4.69, 9.17) is 16.3 Å². The van der Waals surface area contributed by atoms with Crippen molar-refractivity contribution in [2.24, 2.45) is 0 Å². The summed E-state index contributed by atoms with van der Waals surface area (Å²) in [4.78, 5) is 13.9. The average Bonchev–Trinajstić information content (AvgIpc) is 2.24. The molecule has 1 N–H and O–H groups in total. The molecule has 0 amide bonds. The van der Waals surface area contributed by atoms with E-state index in [-0.39, 0.29) is 5.28 Å². The van der Waals surface area contributed by atoms with Gasteiger partial charge in [0.2, 0.25) is 17.2 Å². The first-order chi connectivity index (χ1) is 7.17. The van der Waals surface area contributed by atoms with Gasteiger partial charge in [-0.3, -0.25) is 0 Å². The predicted molar refractivity (Wildman–Crippen MR) is 59.5 cm³/mol. The topological polar surface area (TPSA) is 63.2 Å². The van der Waals surface area contributed by atoms with Crippen LogP contribution in [0.1, 0.15) is 0 Å². The molecule has 1 aromatic heterocycles. The summed E-state index contributed by atoms with van der Waals surface area (Å²) in [6, 6.07) is 0. The van der Waals surface area contributed by atoms with Crippen molar-refractivity contribution in [1.82, 2.24) is 15.0 Å². The first kappa shape index (κ1) is 11.9. The molecule has 6 nitrogen and oxygen atoms in total. The molecule has 0 aromatic carbocycles. The lowest BCUT2D eigenvalue weighted by Crippen LogP contribution is -2.24. The molecule has 0 fully saturated rings. The van der Waals surface area contributed by atoms with Crippen LogP contribution in [0, 0.1) is 0 Å². The highest BCUT2D eigenvalue weighted by Crippen LogP contribution is 2.11. The lowest BCUT2D eigenvalue weighted by Gasteiger charge is -2.16. The third-order valence-corrected chi connectivity index (χ3v) is 1.96. The van der Waals surface area contributed by atoms with E-state index >= 15 is 0 Å². The van der Waals surface area contributed by atoms with Crippen LogP contribution < -0.4 is 10.2 Å². The number of anilines is 2.